The van der Waals surface area contributed by atoms with Crippen LogP contribution in [0.2, 0.25) is 0 Å². The molecule has 2 rings (SSSR count). The summed E-state index contributed by atoms with van der Waals surface area (Å²) in [4.78, 5) is 2.40. The molecule has 1 atom stereocenters. The van der Waals surface area contributed by atoms with Crippen molar-refractivity contribution in [2.45, 2.75) is 32.4 Å². The summed E-state index contributed by atoms with van der Waals surface area (Å²) in [6.45, 7) is 6.19. The Hall–Kier alpha value is -1.57. The van der Waals surface area contributed by atoms with Crippen LogP contribution in [0.4, 0.5) is 0 Å². The quantitative estimate of drug-likeness (QED) is 0.862. The van der Waals surface area contributed by atoms with E-state index < -0.39 is 0 Å². The average Bonchev–Trinajstić information content (AvgIpc) is 2.99. The number of nitrogens with zero attached hydrogens (tertiary/aromatic N) is 2. The molecule has 1 heterocycles. The number of ether oxygens (including phenoxy) is 1. The zero-order valence-electron chi connectivity index (χ0n) is 12.4. The molecule has 108 valence electrons. The van der Waals surface area contributed by atoms with Gasteiger partial charge in [-0.1, -0.05) is 6.92 Å². The highest BCUT2D eigenvalue weighted by molar-refractivity contribution is 5.42. The Kier molecular flexibility index (Phi) is 5.40. The highest BCUT2D eigenvalue weighted by Gasteiger charge is 2.18. The molecule has 1 N–H and O–H groups in total. The van der Waals surface area contributed by atoms with Crippen molar-refractivity contribution in [3.8, 4) is 11.8 Å². The summed E-state index contributed by atoms with van der Waals surface area (Å²) in [5, 5.41) is 12.6. The van der Waals surface area contributed by atoms with Crippen LogP contribution in [-0.2, 0) is 6.54 Å². The lowest BCUT2D eigenvalue weighted by Crippen LogP contribution is -2.37. The van der Waals surface area contributed by atoms with E-state index in [1.807, 2.05) is 12.1 Å². The van der Waals surface area contributed by atoms with Crippen LogP contribution < -0.4 is 10.1 Å². The summed E-state index contributed by atoms with van der Waals surface area (Å²) in [7, 11) is 1.68. The molecule has 0 bridgehead atoms. The van der Waals surface area contributed by atoms with Crippen LogP contribution in [-0.4, -0.2) is 37.7 Å². The van der Waals surface area contributed by atoms with Gasteiger partial charge in [0.1, 0.15) is 5.75 Å². The molecule has 0 radical (unpaired) electrons. The number of methoxy groups -OCH3 is 1. The standard InChI is InChI=1S/C16H23N3O/c1-3-19(12-15-5-4-8-18-15)11-14-9-13(10-17)6-7-16(14)20-2/h6-7,9,15,18H,3-5,8,11-12H2,1-2H3. The first kappa shape index (κ1) is 14.8. The second-order valence-corrected chi connectivity index (χ2v) is 5.26. The van der Waals surface area contributed by atoms with Gasteiger partial charge in [-0.05, 0) is 44.1 Å². The van der Waals surface area contributed by atoms with Gasteiger partial charge in [-0.2, -0.15) is 5.26 Å². The summed E-state index contributed by atoms with van der Waals surface area (Å²) in [6, 6.07) is 8.42. The number of likely N-dealkylation sites (N-methyl/N-ethyl adjacent to an activating group) is 1. The number of rotatable bonds is 6. The van der Waals surface area contributed by atoms with Crippen molar-refractivity contribution < 1.29 is 4.74 Å². The topological polar surface area (TPSA) is 48.3 Å². The summed E-state index contributed by atoms with van der Waals surface area (Å²) in [5.41, 5.74) is 1.78. The minimum atomic E-state index is 0.597. The molecule has 1 aliphatic heterocycles. The van der Waals surface area contributed by atoms with E-state index >= 15 is 0 Å². The van der Waals surface area contributed by atoms with Crippen molar-refractivity contribution in [1.82, 2.24) is 10.2 Å². The molecular formula is C16H23N3O. The lowest BCUT2D eigenvalue weighted by molar-refractivity contribution is 0.249. The molecule has 4 nitrogen and oxygen atoms in total. The van der Waals surface area contributed by atoms with Crippen LogP contribution in [0.15, 0.2) is 18.2 Å². The van der Waals surface area contributed by atoms with Crippen LogP contribution >= 0.6 is 0 Å². The van der Waals surface area contributed by atoms with Crippen LogP contribution in [0.3, 0.4) is 0 Å². The molecule has 0 spiro atoms. The van der Waals surface area contributed by atoms with E-state index in [1.54, 1.807) is 13.2 Å². The lowest BCUT2D eigenvalue weighted by Gasteiger charge is -2.25. The van der Waals surface area contributed by atoms with Crippen molar-refractivity contribution >= 4 is 0 Å². The molecule has 4 heteroatoms. The van der Waals surface area contributed by atoms with E-state index in [1.165, 1.54) is 12.8 Å². The summed E-state index contributed by atoms with van der Waals surface area (Å²) >= 11 is 0. The van der Waals surface area contributed by atoms with Crippen LogP contribution in [0.25, 0.3) is 0 Å². The summed E-state index contributed by atoms with van der Waals surface area (Å²) in [6.07, 6.45) is 2.53. The van der Waals surface area contributed by atoms with Crippen molar-refractivity contribution in [2.75, 3.05) is 26.7 Å². The normalized spacial score (nSPS) is 18.2. The molecule has 1 aliphatic rings. The van der Waals surface area contributed by atoms with Crippen LogP contribution in [0, 0.1) is 11.3 Å². The van der Waals surface area contributed by atoms with Crippen LogP contribution in [0.5, 0.6) is 5.75 Å². The first-order valence-electron chi connectivity index (χ1n) is 7.29. The molecule has 20 heavy (non-hydrogen) atoms. The van der Waals surface area contributed by atoms with E-state index in [0.29, 0.717) is 11.6 Å². The number of hydrogen-bond acceptors (Lipinski definition) is 4. The predicted molar refractivity (Wildman–Crippen MR) is 79.7 cm³/mol. The highest BCUT2D eigenvalue weighted by atomic mass is 16.5. The Morgan fingerprint density at radius 3 is 2.95 bits per heavy atom. The van der Waals surface area contributed by atoms with E-state index in [2.05, 4.69) is 23.2 Å². The highest BCUT2D eigenvalue weighted by Crippen LogP contribution is 2.22. The monoisotopic (exact) mass is 273 g/mol. The van der Waals surface area contributed by atoms with Gasteiger partial charge < -0.3 is 10.1 Å². The van der Waals surface area contributed by atoms with E-state index in [-0.39, 0.29) is 0 Å². The maximum Gasteiger partial charge on any atom is 0.123 e. The smallest absolute Gasteiger partial charge is 0.123 e. The van der Waals surface area contributed by atoms with Gasteiger partial charge in [0.15, 0.2) is 0 Å². The SMILES string of the molecule is CCN(Cc1cc(C#N)ccc1OC)CC1CCCN1. The maximum absolute atomic E-state index is 9.03. The second-order valence-electron chi connectivity index (χ2n) is 5.26. The van der Waals surface area contributed by atoms with Gasteiger partial charge in [0.2, 0.25) is 0 Å². The Labute approximate surface area is 121 Å². The summed E-state index contributed by atoms with van der Waals surface area (Å²) < 4.78 is 5.41. The molecule has 0 aromatic heterocycles. The van der Waals surface area contributed by atoms with E-state index in [4.69, 9.17) is 10.00 Å². The molecule has 1 unspecified atom stereocenters. The fourth-order valence-corrected chi connectivity index (χ4v) is 2.74. The third-order valence-corrected chi connectivity index (χ3v) is 3.89. The molecule has 0 amide bonds. The number of nitriles is 1. The van der Waals surface area contributed by atoms with Crippen molar-refractivity contribution in [1.29, 1.82) is 5.26 Å². The minimum absolute atomic E-state index is 0.597. The molecule has 1 aromatic rings. The first-order chi connectivity index (χ1) is 9.76. The van der Waals surface area contributed by atoms with Crippen molar-refractivity contribution in [2.24, 2.45) is 0 Å². The molecule has 1 aromatic carbocycles. The summed E-state index contributed by atoms with van der Waals surface area (Å²) in [5.74, 6) is 0.863. The van der Waals surface area contributed by atoms with Gasteiger partial charge in [0.05, 0.1) is 18.7 Å². The molecule has 1 fully saturated rings. The predicted octanol–water partition coefficient (Wildman–Crippen LogP) is 2.14. The maximum atomic E-state index is 9.03. The van der Waals surface area contributed by atoms with Gasteiger partial charge in [-0.3, -0.25) is 4.90 Å². The third kappa shape index (κ3) is 3.72. The zero-order valence-corrected chi connectivity index (χ0v) is 12.4. The molecule has 0 aliphatic carbocycles. The first-order valence-corrected chi connectivity index (χ1v) is 7.29. The Morgan fingerprint density at radius 2 is 2.35 bits per heavy atom. The fourth-order valence-electron chi connectivity index (χ4n) is 2.74. The minimum Gasteiger partial charge on any atom is -0.496 e. The number of nitrogens with one attached hydrogen (secondary N) is 1. The Bertz CT molecular complexity index is 475. The van der Waals surface area contributed by atoms with Gasteiger partial charge in [0, 0.05) is 24.7 Å². The Morgan fingerprint density at radius 1 is 1.50 bits per heavy atom. The van der Waals surface area contributed by atoms with Gasteiger partial charge >= 0.3 is 0 Å². The lowest BCUT2D eigenvalue weighted by atomic mass is 10.1. The fraction of sp³-hybridized carbons (Fsp3) is 0.562. The number of benzene rings is 1. The largest absolute Gasteiger partial charge is 0.496 e. The number of hydrogen-bond donors (Lipinski definition) is 1. The molecular weight excluding hydrogens is 250 g/mol. The van der Waals surface area contributed by atoms with Gasteiger partial charge in [-0.25, -0.2) is 0 Å². The van der Waals surface area contributed by atoms with Gasteiger partial charge in [0.25, 0.3) is 0 Å². The third-order valence-electron chi connectivity index (χ3n) is 3.89. The van der Waals surface area contributed by atoms with Crippen molar-refractivity contribution in [3.63, 3.8) is 0 Å². The van der Waals surface area contributed by atoms with Crippen LogP contribution in [0.1, 0.15) is 30.9 Å². The average molecular weight is 273 g/mol. The van der Waals surface area contributed by atoms with Crippen molar-refractivity contribution in [3.05, 3.63) is 29.3 Å². The second kappa shape index (κ2) is 7.28. The zero-order chi connectivity index (χ0) is 14.4. The van der Waals surface area contributed by atoms with E-state index in [9.17, 15) is 0 Å². The van der Waals surface area contributed by atoms with E-state index in [0.717, 1.165) is 37.5 Å². The van der Waals surface area contributed by atoms with Gasteiger partial charge in [-0.15, -0.1) is 0 Å². The molecule has 0 saturated carbocycles. The molecule has 1 saturated heterocycles. The Balaban J connectivity index is 2.07.